The van der Waals surface area contributed by atoms with Crippen molar-refractivity contribution < 1.29 is 14.6 Å². The summed E-state index contributed by atoms with van der Waals surface area (Å²) in [6, 6.07) is 31.8. The Kier molecular flexibility index (Phi) is 16.8. The fourth-order valence-corrected chi connectivity index (χ4v) is 5.85. The number of unbranched alkanes of at least 4 members (excludes halogenated alkanes) is 12. The number of nitriles is 1. The van der Waals surface area contributed by atoms with Crippen molar-refractivity contribution in [3.63, 3.8) is 0 Å². The lowest BCUT2D eigenvalue weighted by molar-refractivity contribution is 0.296. The van der Waals surface area contributed by atoms with Crippen LogP contribution >= 0.6 is 0 Å². The molecule has 5 heteroatoms. The van der Waals surface area contributed by atoms with Gasteiger partial charge in [-0.25, -0.2) is 0 Å². The molecule has 1 N–H and O–H groups in total. The predicted molar refractivity (Wildman–Crippen MR) is 203 cm³/mol. The van der Waals surface area contributed by atoms with Crippen molar-refractivity contribution in [2.75, 3.05) is 13.2 Å². The summed E-state index contributed by atoms with van der Waals surface area (Å²) in [5.41, 5.74) is 5.80. The predicted octanol–water partition coefficient (Wildman–Crippen LogP) is 12.2. The minimum Gasteiger partial charge on any atom is -0.507 e. The topological polar surface area (TPSA) is 74.8 Å². The molecule has 4 rings (SSSR count). The largest absolute Gasteiger partial charge is 0.507 e. The number of benzene rings is 4. The molecule has 0 atom stereocenters. The van der Waals surface area contributed by atoms with Gasteiger partial charge in [0.1, 0.15) is 17.2 Å². The number of aryl methyl sites for hydroxylation is 1. The number of phenols is 1. The minimum absolute atomic E-state index is 0.178. The van der Waals surface area contributed by atoms with Crippen LogP contribution in [-0.2, 0) is 6.42 Å². The number of aliphatic imine (C=N–C) groups is 1. The molecule has 0 aliphatic carbocycles. The van der Waals surface area contributed by atoms with E-state index in [2.05, 4.69) is 54.4 Å². The van der Waals surface area contributed by atoms with Crippen LogP contribution in [0.25, 0.3) is 11.1 Å². The summed E-state index contributed by atoms with van der Waals surface area (Å²) in [6.45, 7) is 3.62. The molecule has 0 aromatic heterocycles. The van der Waals surface area contributed by atoms with Crippen molar-refractivity contribution in [3.05, 3.63) is 108 Å². The molecule has 0 unspecified atom stereocenters. The second-order valence-electron chi connectivity index (χ2n) is 12.9. The summed E-state index contributed by atoms with van der Waals surface area (Å²) < 4.78 is 11.8. The van der Waals surface area contributed by atoms with Gasteiger partial charge in [-0.05, 0) is 90.9 Å². The normalized spacial score (nSPS) is 11.1. The quantitative estimate of drug-likeness (QED) is 0.0635. The standard InChI is InChI=1S/C44H54N2O3/c1-2-3-4-5-6-7-10-13-16-36-19-26-41(27-20-36)46-35-40-25-30-43(33-44(40)47)49-32-15-12-9-8-11-14-31-48-42-28-23-39(24-29-42)38-21-17-37(34-45)18-22-38/h17-30,33,35,47H,2-16,31-32H2,1H3. The van der Waals surface area contributed by atoms with Gasteiger partial charge in [-0.1, -0.05) is 114 Å². The van der Waals surface area contributed by atoms with Crippen LogP contribution in [0.5, 0.6) is 17.2 Å². The molecular weight excluding hydrogens is 604 g/mol. The third-order valence-corrected chi connectivity index (χ3v) is 8.89. The number of aromatic hydroxyl groups is 1. The molecule has 0 heterocycles. The van der Waals surface area contributed by atoms with E-state index in [-0.39, 0.29) is 5.75 Å². The van der Waals surface area contributed by atoms with Gasteiger partial charge in [-0.2, -0.15) is 5.26 Å². The lowest BCUT2D eigenvalue weighted by atomic mass is 10.0. The van der Waals surface area contributed by atoms with Crippen LogP contribution in [0.4, 0.5) is 5.69 Å². The van der Waals surface area contributed by atoms with Crippen molar-refractivity contribution in [2.24, 2.45) is 4.99 Å². The first-order valence-corrected chi connectivity index (χ1v) is 18.5. The second-order valence-corrected chi connectivity index (χ2v) is 12.9. The molecule has 0 saturated carbocycles. The maximum Gasteiger partial charge on any atom is 0.128 e. The first-order chi connectivity index (χ1) is 24.1. The van der Waals surface area contributed by atoms with E-state index in [1.807, 2.05) is 48.5 Å². The maximum atomic E-state index is 10.5. The van der Waals surface area contributed by atoms with Crippen LogP contribution in [0.15, 0.2) is 96.0 Å². The van der Waals surface area contributed by atoms with Gasteiger partial charge in [-0.3, -0.25) is 4.99 Å². The zero-order valence-electron chi connectivity index (χ0n) is 29.4. The van der Waals surface area contributed by atoms with Crippen molar-refractivity contribution in [3.8, 4) is 34.4 Å². The zero-order chi connectivity index (χ0) is 34.4. The average molecular weight is 659 g/mol. The number of hydrogen-bond donors (Lipinski definition) is 1. The van der Waals surface area contributed by atoms with Crippen LogP contribution in [0.3, 0.4) is 0 Å². The minimum atomic E-state index is 0.178. The van der Waals surface area contributed by atoms with Crippen LogP contribution in [0.2, 0.25) is 0 Å². The van der Waals surface area contributed by atoms with E-state index in [4.69, 9.17) is 14.7 Å². The van der Waals surface area contributed by atoms with Crippen LogP contribution in [0.1, 0.15) is 114 Å². The Morgan fingerprint density at radius 3 is 1.73 bits per heavy atom. The first-order valence-electron chi connectivity index (χ1n) is 18.5. The molecule has 258 valence electrons. The van der Waals surface area contributed by atoms with Crippen molar-refractivity contribution >= 4 is 11.9 Å². The maximum absolute atomic E-state index is 10.5. The van der Waals surface area contributed by atoms with Crippen molar-refractivity contribution in [1.82, 2.24) is 0 Å². The monoisotopic (exact) mass is 658 g/mol. The molecule has 0 amide bonds. The number of ether oxygens (including phenoxy) is 2. The Morgan fingerprint density at radius 2 is 1.14 bits per heavy atom. The van der Waals surface area contributed by atoms with Crippen molar-refractivity contribution in [1.29, 1.82) is 5.26 Å². The molecule has 0 radical (unpaired) electrons. The number of nitrogens with zero attached hydrogens (tertiary/aromatic N) is 2. The molecule has 0 saturated heterocycles. The average Bonchev–Trinajstić information content (AvgIpc) is 3.14. The highest BCUT2D eigenvalue weighted by Crippen LogP contribution is 2.25. The van der Waals surface area contributed by atoms with E-state index < -0.39 is 0 Å². The van der Waals surface area contributed by atoms with Gasteiger partial charge in [0, 0.05) is 17.8 Å². The Morgan fingerprint density at radius 1 is 0.612 bits per heavy atom. The molecule has 0 fully saturated rings. The fourth-order valence-electron chi connectivity index (χ4n) is 5.85. The molecule has 0 spiro atoms. The second kappa shape index (κ2) is 22.1. The van der Waals surface area contributed by atoms with Gasteiger partial charge in [0.15, 0.2) is 0 Å². The van der Waals surface area contributed by atoms with Crippen LogP contribution in [-0.4, -0.2) is 24.5 Å². The molecule has 4 aromatic rings. The van der Waals surface area contributed by atoms with Gasteiger partial charge >= 0.3 is 0 Å². The van der Waals surface area contributed by atoms with Crippen LogP contribution < -0.4 is 9.47 Å². The highest BCUT2D eigenvalue weighted by atomic mass is 16.5. The first kappa shape index (κ1) is 37.3. The number of hydrogen-bond acceptors (Lipinski definition) is 5. The molecule has 5 nitrogen and oxygen atoms in total. The van der Waals surface area contributed by atoms with Crippen LogP contribution in [0, 0.1) is 11.3 Å². The molecule has 0 bridgehead atoms. The smallest absolute Gasteiger partial charge is 0.128 e. The van der Waals surface area contributed by atoms with Gasteiger partial charge < -0.3 is 14.6 Å². The lowest BCUT2D eigenvalue weighted by Crippen LogP contribution is -1.99. The Balaban J connectivity index is 1.02. The summed E-state index contributed by atoms with van der Waals surface area (Å²) in [5, 5.41) is 19.5. The summed E-state index contributed by atoms with van der Waals surface area (Å²) in [5.74, 6) is 1.74. The van der Waals surface area contributed by atoms with E-state index >= 15 is 0 Å². The molecule has 0 aliphatic heterocycles. The Labute approximate surface area is 294 Å². The highest BCUT2D eigenvalue weighted by molar-refractivity contribution is 5.85. The number of rotatable bonds is 23. The third kappa shape index (κ3) is 14.2. The molecule has 0 aliphatic rings. The lowest BCUT2D eigenvalue weighted by Gasteiger charge is -2.09. The van der Waals surface area contributed by atoms with Gasteiger partial charge in [0.05, 0.1) is 30.5 Å². The fraction of sp³-hybridized carbons (Fsp3) is 0.409. The van der Waals surface area contributed by atoms with Gasteiger partial charge in [0.25, 0.3) is 0 Å². The van der Waals surface area contributed by atoms with E-state index in [1.54, 1.807) is 12.3 Å². The third-order valence-electron chi connectivity index (χ3n) is 8.89. The van der Waals surface area contributed by atoms with Crippen molar-refractivity contribution in [2.45, 2.75) is 103 Å². The van der Waals surface area contributed by atoms with E-state index in [0.29, 0.717) is 23.5 Å². The zero-order valence-corrected chi connectivity index (χ0v) is 29.4. The summed E-state index contributed by atoms with van der Waals surface area (Å²) in [7, 11) is 0. The van der Waals surface area contributed by atoms with Gasteiger partial charge in [-0.15, -0.1) is 0 Å². The SMILES string of the molecule is CCCCCCCCCCc1ccc(N=Cc2ccc(OCCCCCCCCOc3ccc(-c4ccc(C#N)cc4)cc3)cc2O)cc1. The molecular formula is C44H54N2O3. The van der Waals surface area contributed by atoms with E-state index in [0.717, 1.165) is 61.3 Å². The summed E-state index contributed by atoms with van der Waals surface area (Å²) in [6.07, 6.45) is 20.2. The van der Waals surface area contributed by atoms with Gasteiger partial charge in [0.2, 0.25) is 0 Å². The van der Waals surface area contributed by atoms with E-state index in [9.17, 15) is 5.11 Å². The summed E-state index contributed by atoms with van der Waals surface area (Å²) in [4.78, 5) is 4.57. The summed E-state index contributed by atoms with van der Waals surface area (Å²) >= 11 is 0. The molecule has 4 aromatic carbocycles. The van der Waals surface area contributed by atoms with E-state index in [1.165, 1.54) is 69.8 Å². The number of phenolic OH excluding ortho intramolecular Hbond substituents is 1. The Hall–Kier alpha value is -4.56. The molecule has 49 heavy (non-hydrogen) atoms. The Bertz CT molecular complexity index is 1550. The highest BCUT2D eigenvalue weighted by Gasteiger charge is 2.04.